The van der Waals surface area contributed by atoms with Crippen LogP contribution in [0.4, 0.5) is 5.69 Å². The summed E-state index contributed by atoms with van der Waals surface area (Å²) in [7, 11) is 3.86. The van der Waals surface area contributed by atoms with Crippen LogP contribution in [0.15, 0.2) is 24.3 Å². The van der Waals surface area contributed by atoms with Crippen molar-refractivity contribution < 1.29 is 8.02 Å². The van der Waals surface area contributed by atoms with Gasteiger partial charge in [0.05, 0.1) is 0 Å². The SMILES string of the molecule is CN(C)c1ccc([Se](=O)O)cc1. The molecular formula is C8H11NO2Se. The van der Waals surface area contributed by atoms with E-state index in [2.05, 4.69) is 0 Å². The van der Waals surface area contributed by atoms with E-state index in [4.69, 9.17) is 4.19 Å². The molecule has 1 rings (SSSR count). The zero-order valence-electron chi connectivity index (χ0n) is 7.02. The van der Waals surface area contributed by atoms with Gasteiger partial charge in [-0.1, -0.05) is 0 Å². The van der Waals surface area contributed by atoms with E-state index in [0.29, 0.717) is 4.46 Å². The molecule has 0 aromatic heterocycles. The number of anilines is 1. The first-order valence-electron chi connectivity index (χ1n) is 3.49. The van der Waals surface area contributed by atoms with Gasteiger partial charge in [-0.2, -0.15) is 0 Å². The average molecular weight is 232 g/mol. The molecule has 0 aliphatic carbocycles. The molecule has 0 aliphatic heterocycles. The van der Waals surface area contributed by atoms with Gasteiger partial charge in [-0.3, -0.25) is 0 Å². The van der Waals surface area contributed by atoms with Crippen LogP contribution in [0, 0.1) is 0 Å². The standard InChI is InChI=1S/C8H11NO2Se/c1-9(2)7-3-5-8(6-4-7)12(10)11/h3-6H,1-2H3,(H,10,11). The average Bonchev–Trinajstić information content (AvgIpc) is 2.04. The summed E-state index contributed by atoms with van der Waals surface area (Å²) in [5.41, 5.74) is 1.03. The fourth-order valence-corrected chi connectivity index (χ4v) is 1.63. The molecule has 0 aliphatic rings. The van der Waals surface area contributed by atoms with Gasteiger partial charge in [-0.15, -0.1) is 0 Å². The first kappa shape index (κ1) is 9.39. The van der Waals surface area contributed by atoms with Gasteiger partial charge in [0, 0.05) is 0 Å². The molecule has 0 saturated carbocycles. The van der Waals surface area contributed by atoms with Crippen LogP contribution in [0.3, 0.4) is 0 Å². The first-order valence-corrected chi connectivity index (χ1v) is 5.81. The Balaban J connectivity index is 2.93. The number of hydrogen-bond acceptors (Lipinski definition) is 2. The van der Waals surface area contributed by atoms with E-state index in [1.54, 1.807) is 12.1 Å². The minimum atomic E-state index is -2.73. The molecule has 1 unspecified atom stereocenters. The molecule has 66 valence electrons. The van der Waals surface area contributed by atoms with Crippen LogP contribution in [0.5, 0.6) is 0 Å². The summed E-state index contributed by atoms with van der Waals surface area (Å²) in [4.78, 5) is 1.95. The van der Waals surface area contributed by atoms with Gasteiger partial charge >= 0.3 is 75.6 Å². The third-order valence-corrected chi connectivity index (χ3v) is 2.97. The van der Waals surface area contributed by atoms with Crippen molar-refractivity contribution in [3.8, 4) is 0 Å². The van der Waals surface area contributed by atoms with Crippen LogP contribution < -0.4 is 9.36 Å². The van der Waals surface area contributed by atoms with E-state index in [9.17, 15) is 3.83 Å². The van der Waals surface area contributed by atoms with E-state index < -0.39 is 14.2 Å². The molecular weight excluding hydrogens is 221 g/mol. The Morgan fingerprint density at radius 2 is 1.75 bits per heavy atom. The maximum atomic E-state index is 10.7. The zero-order valence-corrected chi connectivity index (χ0v) is 8.73. The third-order valence-electron chi connectivity index (χ3n) is 1.55. The Morgan fingerprint density at radius 1 is 1.25 bits per heavy atom. The van der Waals surface area contributed by atoms with Crippen LogP contribution >= 0.6 is 0 Å². The fraction of sp³-hybridized carbons (Fsp3) is 0.250. The van der Waals surface area contributed by atoms with Crippen molar-refractivity contribution in [2.75, 3.05) is 19.0 Å². The molecule has 4 heteroatoms. The van der Waals surface area contributed by atoms with Gasteiger partial charge < -0.3 is 0 Å². The molecule has 0 radical (unpaired) electrons. The Kier molecular flexibility index (Phi) is 2.98. The molecule has 0 saturated heterocycles. The van der Waals surface area contributed by atoms with Crippen molar-refractivity contribution in [1.29, 1.82) is 0 Å². The van der Waals surface area contributed by atoms with Crippen molar-refractivity contribution in [3.63, 3.8) is 0 Å². The Bertz CT molecular complexity index is 282. The zero-order chi connectivity index (χ0) is 9.14. The predicted octanol–water partition coefficient (Wildman–Crippen LogP) is -0.129. The maximum absolute atomic E-state index is 10.7. The number of benzene rings is 1. The van der Waals surface area contributed by atoms with Crippen molar-refractivity contribution >= 4 is 24.3 Å². The minimum absolute atomic E-state index is 0.528. The predicted molar refractivity (Wildman–Crippen MR) is 49.1 cm³/mol. The molecule has 0 fully saturated rings. The molecule has 1 aromatic carbocycles. The van der Waals surface area contributed by atoms with E-state index in [1.165, 1.54) is 0 Å². The summed E-state index contributed by atoms with van der Waals surface area (Å²) >= 11 is -2.73. The monoisotopic (exact) mass is 233 g/mol. The van der Waals surface area contributed by atoms with E-state index in [0.717, 1.165) is 5.69 Å². The van der Waals surface area contributed by atoms with E-state index in [1.807, 2.05) is 31.1 Å². The van der Waals surface area contributed by atoms with Gasteiger partial charge in [0.15, 0.2) is 0 Å². The van der Waals surface area contributed by atoms with Gasteiger partial charge in [0.1, 0.15) is 0 Å². The molecule has 1 atom stereocenters. The second-order valence-corrected chi connectivity index (χ2v) is 4.67. The van der Waals surface area contributed by atoms with Crippen LogP contribution in [0.2, 0.25) is 0 Å². The van der Waals surface area contributed by atoms with Crippen molar-refractivity contribution in [2.45, 2.75) is 0 Å². The molecule has 0 spiro atoms. The van der Waals surface area contributed by atoms with Gasteiger partial charge in [0.25, 0.3) is 0 Å². The number of rotatable bonds is 2. The molecule has 0 amide bonds. The van der Waals surface area contributed by atoms with Crippen LogP contribution in [-0.4, -0.2) is 32.4 Å². The Hall–Kier alpha value is -0.701. The third kappa shape index (κ3) is 2.14. The fourth-order valence-electron chi connectivity index (χ4n) is 0.861. The molecule has 3 nitrogen and oxygen atoms in total. The van der Waals surface area contributed by atoms with Crippen molar-refractivity contribution in [2.24, 2.45) is 0 Å². The van der Waals surface area contributed by atoms with E-state index in [-0.39, 0.29) is 0 Å². The summed E-state index contributed by atoms with van der Waals surface area (Å²) in [6, 6.07) is 7.04. The summed E-state index contributed by atoms with van der Waals surface area (Å²) in [6.45, 7) is 0. The van der Waals surface area contributed by atoms with Crippen LogP contribution in [0.1, 0.15) is 0 Å². The molecule has 12 heavy (non-hydrogen) atoms. The van der Waals surface area contributed by atoms with Gasteiger partial charge in [-0.25, -0.2) is 0 Å². The normalized spacial score (nSPS) is 12.6. The number of nitrogens with zero attached hydrogens (tertiary/aromatic N) is 1. The topological polar surface area (TPSA) is 40.5 Å². The quantitative estimate of drug-likeness (QED) is 0.722. The summed E-state index contributed by atoms with van der Waals surface area (Å²) in [5, 5.41) is 0. The summed E-state index contributed by atoms with van der Waals surface area (Å²) in [6.07, 6.45) is 0. The molecule has 1 N–H and O–H groups in total. The van der Waals surface area contributed by atoms with Crippen LogP contribution in [-0.2, 0) is 3.83 Å². The van der Waals surface area contributed by atoms with Gasteiger partial charge in [0.2, 0.25) is 0 Å². The second kappa shape index (κ2) is 3.81. The van der Waals surface area contributed by atoms with E-state index >= 15 is 0 Å². The van der Waals surface area contributed by atoms with Crippen molar-refractivity contribution in [3.05, 3.63) is 24.3 Å². The molecule has 0 heterocycles. The summed E-state index contributed by atoms with van der Waals surface area (Å²) in [5.74, 6) is 0. The first-order chi connectivity index (χ1) is 5.61. The van der Waals surface area contributed by atoms with Gasteiger partial charge in [-0.05, 0) is 0 Å². The van der Waals surface area contributed by atoms with Crippen LogP contribution in [0.25, 0.3) is 0 Å². The second-order valence-electron chi connectivity index (χ2n) is 2.64. The summed E-state index contributed by atoms with van der Waals surface area (Å²) < 4.78 is 20.0. The number of hydrogen-bond donors (Lipinski definition) is 1. The van der Waals surface area contributed by atoms with Crippen molar-refractivity contribution in [1.82, 2.24) is 0 Å². The Morgan fingerprint density at radius 3 is 2.08 bits per heavy atom. The molecule has 0 bridgehead atoms. The Labute approximate surface area is 76.0 Å². The molecule has 1 aromatic rings.